The van der Waals surface area contributed by atoms with E-state index in [1.165, 1.54) is 25.4 Å². The molecular weight excluding hydrogens is 380 g/mol. The number of likely N-dealkylation sites (tertiary alicyclic amines) is 1. The smallest absolute Gasteiger partial charge is 0.344 e. The molecule has 2 aliphatic heterocycles. The van der Waals surface area contributed by atoms with Crippen molar-refractivity contribution in [2.45, 2.75) is 31.7 Å². The quantitative estimate of drug-likeness (QED) is 0.737. The highest BCUT2D eigenvalue weighted by molar-refractivity contribution is 5.99. The highest BCUT2D eigenvalue weighted by Crippen LogP contribution is 2.45. The standard InChI is InChI=1S/C20H20N2O7/c1-26-14-7-5-12-16(17(14)27-2)20(25)29-19(12)22-13(6-8-15(22)23)18(24)21-10-11-4-3-9-28-11/h3-5,7,9,13,19H,6,8,10H2,1-2H3,(H,21,24)/t13-,19-/m0/s1. The van der Waals surface area contributed by atoms with Crippen LogP contribution in [0.2, 0.25) is 0 Å². The molecule has 0 spiro atoms. The summed E-state index contributed by atoms with van der Waals surface area (Å²) >= 11 is 0. The summed E-state index contributed by atoms with van der Waals surface area (Å²) in [4.78, 5) is 39.2. The van der Waals surface area contributed by atoms with Crippen LogP contribution < -0.4 is 14.8 Å². The van der Waals surface area contributed by atoms with Crippen LogP contribution in [0.3, 0.4) is 0 Å². The Morgan fingerprint density at radius 2 is 2.07 bits per heavy atom. The number of carbonyl (C=O) groups is 3. The number of rotatable bonds is 6. The normalized spacial score (nSPS) is 20.4. The number of benzene rings is 1. The Bertz CT molecular complexity index is 954. The van der Waals surface area contributed by atoms with Crippen LogP contribution in [0.25, 0.3) is 0 Å². The van der Waals surface area contributed by atoms with Crippen LogP contribution in [0.4, 0.5) is 0 Å². The van der Waals surface area contributed by atoms with Crippen LogP contribution in [0.5, 0.6) is 11.5 Å². The van der Waals surface area contributed by atoms with Crippen molar-refractivity contribution >= 4 is 17.8 Å². The molecule has 9 nitrogen and oxygen atoms in total. The Morgan fingerprint density at radius 1 is 1.24 bits per heavy atom. The second-order valence-corrected chi connectivity index (χ2v) is 6.68. The lowest BCUT2D eigenvalue weighted by atomic mass is 10.1. The molecule has 2 aromatic rings. The van der Waals surface area contributed by atoms with Gasteiger partial charge in [-0.05, 0) is 30.7 Å². The maximum atomic E-state index is 12.7. The van der Waals surface area contributed by atoms with Gasteiger partial charge < -0.3 is 23.9 Å². The van der Waals surface area contributed by atoms with Crippen molar-refractivity contribution in [1.82, 2.24) is 10.2 Å². The van der Waals surface area contributed by atoms with Crippen molar-refractivity contribution in [1.29, 1.82) is 0 Å². The minimum Gasteiger partial charge on any atom is -0.493 e. The van der Waals surface area contributed by atoms with Crippen molar-refractivity contribution < 1.29 is 33.0 Å². The van der Waals surface area contributed by atoms with Crippen LogP contribution in [0.1, 0.15) is 40.8 Å². The van der Waals surface area contributed by atoms with Crippen LogP contribution in [-0.2, 0) is 20.9 Å². The first-order valence-corrected chi connectivity index (χ1v) is 9.12. The van der Waals surface area contributed by atoms with Gasteiger partial charge in [0.1, 0.15) is 17.4 Å². The van der Waals surface area contributed by atoms with Crippen molar-refractivity contribution in [3.8, 4) is 11.5 Å². The largest absolute Gasteiger partial charge is 0.493 e. The predicted octanol–water partition coefficient (Wildman–Crippen LogP) is 1.77. The lowest BCUT2D eigenvalue weighted by molar-refractivity contribution is -0.145. The zero-order valence-corrected chi connectivity index (χ0v) is 16.0. The first-order valence-electron chi connectivity index (χ1n) is 9.12. The number of cyclic esters (lactones) is 1. The van der Waals surface area contributed by atoms with Gasteiger partial charge >= 0.3 is 5.97 Å². The number of nitrogens with zero attached hydrogens (tertiary/aromatic N) is 1. The molecule has 1 saturated heterocycles. The molecule has 9 heteroatoms. The van der Waals surface area contributed by atoms with Crippen LogP contribution in [0.15, 0.2) is 34.9 Å². The molecule has 1 aromatic heterocycles. The Morgan fingerprint density at radius 3 is 2.76 bits per heavy atom. The number of hydrogen-bond donors (Lipinski definition) is 1. The molecule has 0 unspecified atom stereocenters. The van der Waals surface area contributed by atoms with E-state index in [9.17, 15) is 14.4 Å². The third-order valence-electron chi connectivity index (χ3n) is 5.09. The molecule has 1 aromatic carbocycles. The Hall–Kier alpha value is -3.49. The van der Waals surface area contributed by atoms with E-state index in [0.29, 0.717) is 23.5 Å². The number of amides is 2. The average molecular weight is 400 g/mol. The second-order valence-electron chi connectivity index (χ2n) is 6.68. The summed E-state index contributed by atoms with van der Waals surface area (Å²) in [5.74, 6) is -0.00740. The Labute approximate surface area is 166 Å². The van der Waals surface area contributed by atoms with E-state index >= 15 is 0 Å². The molecule has 152 valence electrons. The van der Waals surface area contributed by atoms with Gasteiger partial charge in [-0.3, -0.25) is 14.5 Å². The van der Waals surface area contributed by atoms with E-state index in [0.717, 1.165) is 0 Å². The Balaban J connectivity index is 1.61. The van der Waals surface area contributed by atoms with E-state index in [-0.39, 0.29) is 36.1 Å². The van der Waals surface area contributed by atoms with Crippen molar-refractivity contribution in [3.63, 3.8) is 0 Å². The number of hydrogen-bond acceptors (Lipinski definition) is 7. The van der Waals surface area contributed by atoms with Crippen molar-refractivity contribution in [2.24, 2.45) is 0 Å². The molecule has 0 saturated carbocycles. The fraction of sp³-hybridized carbons (Fsp3) is 0.350. The molecule has 29 heavy (non-hydrogen) atoms. The maximum absolute atomic E-state index is 12.7. The fourth-order valence-corrected chi connectivity index (χ4v) is 3.75. The third-order valence-corrected chi connectivity index (χ3v) is 5.09. The molecule has 0 radical (unpaired) electrons. The molecule has 1 fully saturated rings. The summed E-state index contributed by atoms with van der Waals surface area (Å²) in [5.41, 5.74) is 0.665. The van der Waals surface area contributed by atoms with Crippen LogP contribution >= 0.6 is 0 Å². The molecule has 2 aliphatic rings. The lowest BCUT2D eigenvalue weighted by Gasteiger charge is -2.29. The number of fused-ring (bicyclic) bond motifs is 1. The summed E-state index contributed by atoms with van der Waals surface area (Å²) in [6, 6.07) is 6.00. The van der Waals surface area contributed by atoms with Crippen LogP contribution in [0, 0.1) is 0 Å². The lowest BCUT2D eigenvalue weighted by Crippen LogP contribution is -2.46. The maximum Gasteiger partial charge on any atom is 0.344 e. The molecule has 2 amide bonds. The summed E-state index contributed by atoms with van der Waals surface area (Å²) in [5, 5.41) is 2.77. The van der Waals surface area contributed by atoms with Gasteiger partial charge in [-0.2, -0.15) is 0 Å². The van der Waals surface area contributed by atoms with Gasteiger partial charge in [-0.15, -0.1) is 0 Å². The summed E-state index contributed by atoms with van der Waals surface area (Å²) in [6.45, 7) is 0.205. The fourth-order valence-electron chi connectivity index (χ4n) is 3.75. The number of methoxy groups -OCH3 is 2. The zero-order chi connectivity index (χ0) is 20.5. The van der Waals surface area contributed by atoms with Gasteiger partial charge in [0.2, 0.25) is 18.0 Å². The Kier molecular flexibility index (Phi) is 4.87. The number of carbonyl (C=O) groups excluding carboxylic acids is 3. The summed E-state index contributed by atoms with van der Waals surface area (Å²) < 4.78 is 21.3. The van der Waals surface area contributed by atoms with E-state index < -0.39 is 18.2 Å². The molecule has 2 atom stereocenters. The minimum absolute atomic E-state index is 0.190. The highest BCUT2D eigenvalue weighted by Gasteiger charge is 2.47. The molecule has 1 N–H and O–H groups in total. The summed E-state index contributed by atoms with van der Waals surface area (Å²) in [6.07, 6.45) is 1.05. The monoisotopic (exact) mass is 400 g/mol. The molecular formula is C20H20N2O7. The van der Waals surface area contributed by atoms with Gasteiger partial charge in [0.25, 0.3) is 0 Å². The van der Waals surface area contributed by atoms with Gasteiger partial charge in [-0.1, -0.05) is 0 Å². The van der Waals surface area contributed by atoms with Gasteiger partial charge in [0.15, 0.2) is 11.5 Å². The summed E-state index contributed by atoms with van der Waals surface area (Å²) in [7, 11) is 2.88. The second kappa shape index (κ2) is 7.50. The topological polar surface area (TPSA) is 107 Å². The zero-order valence-electron chi connectivity index (χ0n) is 16.0. The van der Waals surface area contributed by atoms with Crippen molar-refractivity contribution in [2.75, 3.05) is 14.2 Å². The van der Waals surface area contributed by atoms with E-state index in [4.69, 9.17) is 18.6 Å². The first kappa shape index (κ1) is 18.9. The van der Waals surface area contributed by atoms with Gasteiger partial charge in [0, 0.05) is 12.0 Å². The minimum atomic E-state index is -0.994. The molecule has 0 aliphatic carbocycles. The molecule has 3 heterocycles. The van der Waals surface area contributed by atoms with E-state index in [1.807, 2.05) is 0 Å². The predicted molar refractivity (Wildman–Crippen MR) is 98.1 cm³/mol. The first-order chi connectivity index (χ1) is 14.0. The van der Waals surface area contributed by atoms with Crippen molar-refractivity contribution in [3.05, 3.63) is 47.4 Å². The number of ether oxygens (including phenoxy) is 3. The molecule has 4 rings (SSSR count). The highest BCUT2D eigenvalue weighted by atomic mass is 16.6. The SMILES string of the molecule is COc1ccc2c(c1OC)C(=O)O[C@@H]2N1C(=O)CC[C@H]1C(=O)NCc1ccco1. The van der Waals surface area contributed by atoms with E-state index in [2.05, 4.69) is 5.32 Å². The number of esters is 1. The molecule has 0 bridgehead atoms. The third kappa shape index (κ3) is 3.18. The number of furan rings is 1. The average Bonchev–Trinajstić information content (AvgIpc) is 3.45. The van der Waals surface area contributed by atoms with Gasteiger partial charge in [0.05, 0.1) is 27.0 Å². The van der Waals surface area contributed by atoms with Gasteiger partial charge in [-0.25, -0.2) is 4.79 Å². The van der Waals surface area contributed by atoms with E-state index in [1.54, 1.807) is 24.3 Å². The number of nitrogens with one attached hydrogen (secondary N) is 1. The van der Waals surface area contributed by atoms with Crippen LogP contribution in [-0.4, -0.2) is 42.9 Å².